The van der Waals surface area contributed by atoms with E-state index in [-0.39, 0.29) is 24.1 Å². The SMILES string of the molecule is CCS(=O)(=O)N1CCN(C(=O)C(C)N)CC1.Cl. The highest BCUT2D eigenvalue weighted by Crippen LogP contribution is 2.08. The van der Waals surface area contributed by atoms with Gasteiger partial charge in [0.25, 0.3) is 0 Å². The molecule has 8 heteroatoms. The Labute approximate surface area is 109 Å². The normalized spacial score (nSPS) is 19.6. The molecule has 0 saturated carbocycles. The zero-order valence-corrected chi connectivity index (χ0v) is 11.8. The van der Waals surface area contributed by atoms with Gasteiger partial charge in [0.15, 0.2) is 0 Å². The molecule has 0 spiro atoms. The Balaban J connectivity index is 0.00000256. The molecule has 1 fully saturated rings. The second-order valence-electron chi connectivity index (χ2n) is 3.91. The van der Waals surface area contributed by atoms with Crippen LogP contribution in [0.25, 0.3) is 0 Å². The summed E-state index contributed by atoms with van der Waals surface area (Å²) < 4.78 is 24.6. The van der Waals surface area contributed by atoms with Gasteiger partial charge in [-0.15, -0.1) is 12.4 Å². The number of hydrogen-bond donors (Lipinski definition) is 1. The third-order valence-electron chi connectivity index (χ3n) is 2.70. The number of amides is 1. The fourth-order valence-electron chi connectivity index (χ4n) is 1.66. The van der Waals surface area contributed by atoms with Gasteiger partial charge >= 0.3 is 0 Å². The zero-order chi connectivity index (χ0) is 12.3. The van der Waals surface area contributed by atoms with Gasteiger partial charge in [-0.2, -0.15) is 4.31 Å². The Hall–Kier alpha value is -0.370. The average Bonchev–Trinajstić information content (AvgIpc) is 2.28. The van der Waals surface area contributed by atoms with Crippen molar-refractivity contribution in [3.05, 3.63) is 0 Å². The van der Waals surface area contributed by atoms with E-state index in [9.17, 15) is 13.2 Å². The Morgan fingerprint density at radius 1 is 1.29 bits per heavy atom. The van der Waals surface area contributed by atoms with E-state index in [1.165, 1.54) is 4.31 Å². The van der Waals surface area contributed by atoms with E-state index in [0.717, 1.165) is 0 Å². The fraction of sp³-hybridized carbons (Fsp3) is 0.889. The molecular weight excluding hydrogens is 266 g/mol. The monoisotopic (exact) mass is 285 g/mol. The van der Waals surface area contributed by atoms with Crippen molar-refractivity contribution < 1.29 is 13.2 Å². The standard InChI is InChI=1S/C9H19N3O3S.ClH/c1-3-16(14,15)12-6-4-11(5-7-12)9(13)8(2)10;/h8H,3-7,10H2,1-2H3;1H. The predicted molar refractivity (Wildman–Crippen MR) is 68.5 cm³/mol. The molecule has 1 amide bonds. The first-order valence-electron chi connectivity index (χ1n) is 5.40. The summed E-state index contributed by atoms with van der Waals surface area (Å²) in [4.78, 5) is 13.2. The first-order chi connectivity index (χ1) is 7.38. The van der Waals surface area contributed by atoms with Crippen molar-refractivity contribution in [2.75, 3.05) is 31.9 Å². The van der Waals surface area contributed by atoms with Crippen LogP contribution in [0.4, 0.5) is 0 Å². The van der Waals surface area contributed by atoms with Gasteiger partial charge in [-0.3, -0.25) is 4.79 Å². The highest BCUT2D eigenvalue weighted by Gasteiger charge is 2.28. The lowest BCUT2D eigenvalue weighted by Crippen LogP contribution is -2.53. The molecule has 1 aliphatic rings. The Morgan fingerprint density at radius 2 is 1.76 bits per heavy atom. The Kier molecular flexibility index (Phi) is 6.39. The van der Waals surface area contributed by atoms with E-state index in [4.69, 9.17) is 5.73 Å². The first-order valence-corrected chi connectivity index (χ1v) is 7.01. The molecule has 1 rings (SSSR count). The van der Waals surface area contributed by atoms with Crippen molar-refractivity contribution in [1.29, 1.82) is 0 Å². The minimum Gasteiger partial charge on any atom is -0.339 e. The maximum Gasteiger partial charge on any atom is 0.239 e. The number of sulfonamides is 1. The van der Waals surface area contributed by atoms with Crippen molar-refractivity contribution in [2.45, 2.75) is 19.9 Å². The van der Waals surface area contributed by atoms with Crippen LogP contribution in [0.3, 0.4) is 0 Å². The maximum atomic E-state index is 11.6. The molecule has 0 aliphatic carbocycles. The molecule has 0 aromatic heterocycles. The van der Waals surface area contributed by atoms with Crippen LogP contribution in [0.5, 0.6) is 0 Å². The van der Waals surface area contributed by atoms with Crippen LogP contribution in [0, 0.1) is 0 Å². The Bertz CT molecular complexity index is 350. The van der Waals surface area contributed by atoms with Crippen LogP contribution in [0.2, 0.25) is 0 Å². The second-order valence-corrected chi connectivity index (χ2v) is 6.17. The first kappa shape index (κ1) is 16.6. The molecule has 2 N–H and O–H groups in total. The summed E-state index contributed by atoms with van der Waals surface area (Å²) in [6, 6.07) is -0.519. The van der Waals surface area contributed by atoms with Gasteiger partial charge in [0.1, 0.15) is 0 Å². The van der Waals surface area contributed by atoms with E-state index in [1.807, 2.05) is 0 Å². The summed E-state index contributed by atoms with van der Waals surface area (Å²) in [7, 11) is -3.13. The average molecular weight is 286 g/mol. The van der Waals surface area contributed by atoms with Crippen molar-refractivity contribution in [3.63, 3.8) is 0 Å². The number of piperazine rings is 1. The number of carbonyl (C=O) groups excluding carboxylic acids is 1. The summed E-state index contributed by atoms with van der Waals surface area (Å²) in [6.45, 7) is 4.86. The lowest BCUT2D eigenvalue weighted by Gasteiger charge is -2.34. The zero-order valence-electron chi connectivity index (χ0n) is 10.1. The third-order valence-corrected chi connectivity index (χ3v) is 4.58. The summed E-state index contributed by atoms with van der Waals surface area (Å²) in [6.07, 6.45) is 0. The van der Waals surface area contributed by atoms with Crippen molar-refractivity contribution in [2.24, 2.45) is 5.73 Å². The van der Waals surface area contributed by atoms with Crippen LogP contribution in [0.1, 0.15) is 13.8 Å². The van der Waals surface area contributed by atoms with Gasteiger partial charge in [0, 0.05) is 26.2 Å². The van der Waals surface area contributed by atoms with E-state index in [0.29, 0.717) is 26.2 Å². The molecule has 0 aromatic rings. The highest BCUT2D eigenvalue weighted by molar-refractivity contribution is 7.89. The summed E-state index contributed by atoms with van der Waals surface area (Å²) in [5.74, 6) is -0.0117. The quantitative estimate of drug-likeness (QED) is 0.739. The van der Waals surface area contributed by atoms with Gasteiger partial charge in [0.2, 0.25) is 15.9 Å². The van der Waals surface area contributed by atoms with Gasteiger partial charge in [-0.1, -0.05) is 0 Å². The largest absolute Gasteiger partial charge is 0.339 e. The molecule has 102 valence electrons. The number of halogens is 1. The van der Waals surface area contributed by atoms with E-state index >= 15 is 0 Å². The third kappa shape index (κ3) is 4.09. The lowest BCUT2D eigenvalue weighted by molar-refractivity contribution is -0.133. The smallest absolute Gasteiger partial charge is 0.239 e. The molecule has 6 nitrogen and oxygen atoms in total. The van der Waals surface area contributed by atoms with Crippen LogP contribution in [-0.4, -0.2) is 61.5 Å². The summed E-state index contributed by atoms with van der Waals surface area (Å²) in [5, 5.41) is 0. The van der Waals surface area contributed by atoms with Gasteiger partial charge in [-0.05, 0) is 13.8 Å². The minimum atomic E-state index is -3.13. The number of hydrogen-bond acceptors (Lipinski definition) is 4. The van der Waals surface area contributed by atoms with Crippen LogP contribution in [-0.2, 0) is 14.8 Å². The molecule has 1 heterocycles. The molecule has 1 atom stereocenters. The molecule has 1 saturated heterocycles. The highest BCUT2D eigenvalue weighted by atomic mass is 35.5. The Morgan fingerprint density at radius 3 is 2.12 bits per heavy atom. The molecule has 1 unspecified atom stereocenters. The molecule has 17 heavy (non-hydrogen) atoms. The van der Waals surface area contributed by atoms with E-state index in [2.05, 4.69) is 0 Å². The predicted octanol–water partition coefficient (Wildman–Crippen LogP) is -0.751. The second kappa shape index (κ2) is 6.53. The molecule has 1 aliphatic heterocycles. The van der Waals surface area contributed by atoms with E-state index < -0.39 is 16.1 Å². The summed E-state index contributed by atoms with van der Waals surface area (Å²) in [5.41, 5.74) is 5.49. The molecule has 0 aromatic carbocycles. The van der Waals surface area contributed by atoms with Crippen molar-refractivity contribution in [1.82, 2.24) is 9.21 Å². The van der Waals surface area contributed by atoms with Gasteiger partial charge < -0.3 is 10.6 Å². The van der Waals surface area contributed by atoms with Gasteiger partial charge in [0.05, 0.1) is 11.8 Å². The molecular formula is C9H20ClN3O3S. The topological polar surface area (TPSA) is 83.7 Å². The van der Waals surface area contributed by atoms with Crippen LogP contribution < -0.4 is 5.73 Å². The van der Waals surface area contributed by atoms with Crippen LogP contribution in [0.15, 0.2) is 0 Å². The van der Waals surface area contributed by atoms with Crippen molar-refractivity contribution >= 4 is 28.3 Å². The van der Waals surface area contributed by atoms with Gasteiger partial charge in [-0.25, -0.2) is 8.42 Å². The molecule has 0 bridgehead atoms. The minimum absolute atomic E-state index is 0. The maximum absolute atomic E-state index is 11.6. The lowest BCUT2D eigenvalue weighted by atomic mass is 10.2. The fourth-order valence-corrected chi connectivity index (χ4v) is 2.74. The van der Waals surface area contributed by atoms with Crippen LogP contribution >= 0.6 is 12.4 Å². The number of rotatable bonds is 3. The number of carbonyl (C=O) groups is 1. The number of nitrogens with zero attached hydrogens (tertiary/aromatic N) is 2. The molecule has 0 radical (unpaired) electrons. The summed E-state index contributed by atoms with van der Waals surface area (Å²) >= 11 is 0. The van der Waals surface area contributed by atoms with Crippen molar-refractivity contribution in [3.8, 4) is 0 Å². The van der Waals surface area contributed by atoms with E-state index in [1.54, 1.807) is 18.7 Å². The number of nitrogens with two attached hydrogens (primary N) is 1.